The lowest BCUT2D eigenvalue weighted by molar-refractivity contribution is -0.303. The number of rotatable bonds is 22. The topological polar surface area (TPSA) is 169 Å². The Morgan fingerprint density at radius 1 is 0.860 bits per heavy atom. The Labute approximate surface area is 257 Å². The third kappa shape index (κ3) is 13.9. The second kappa shape index (κ2) is 21.2. The highest BCUT2D eigenvalue weighted by atomic mass is 16.7. The lowest BCUT2D eigenvalue weighted by atomic mass is 9.98. The molecule has 2 rings (SSSR count). The van der Waals surface area contributed by atoms with E-state index >= 15 is 0 Å². The lowest BCUT2D eigenvalue weighted by Crippen LogP contribution is -2.60. The molecule has 1 saturated heterocycles. The van der Waals surface area contributed by atoms with E-state index in [1.54, 1.807) is 0 Å². The van der Waals surface area contributed by atoms with Crippen molar-refractivity contribution in [1.29, 1.82) is 0 Å². The molecule has 10 nitrogen and oxygen atoms in total. The minimum absolute atomic E-state index is 0.0540. The summed E-state index contributed by atoms with van der Waals surface area (Å²) in [4.78, 5) is 12.9. The zero-order chi connectivity index (χ0) is 31.6. The monoisotopic (exact) mass is 611 g/mol. The van der Waals surface area contributed by atoms with Gasteiger partial charge < -0.3 is 45.4 Å². The molecule has 8 atom stereocenters. The van der Waals surface area contributed by atoms with Crippen molar-refractivity contribution in [3.63, 3.8) is 0 Å². The summed E-state index contributed by atoms with van der Waals surface area (Å²) < 4.78 is 11.0. The molecule has 10 heteroatoms. The third-order valence-corrected chi connectivity index (χ3v) is 8.28. The summed E-state index contributed by atoms with van der Waals surface area (Å²) >= 11 is 0. The van der Waals surface area contributed by atoms with E-state index in [2.05, 4.69) is 12.2 Å². The van der Waals surface area contributed by atoms with Crippen LogP contribution in [0.25, 0.3) is 0 Å². The van der Waals surface area contributed by atoms with Crippen molar-refractivity contribution in [3.05, 3.63) is 35.4 Å². The van der Waals surface area contributed by atoms with Gasteiger partial charge in [0.05, 0.1) is 31.8 Å². The summed E-state index contributed by atoms with van der Waals surface area (Å²) in [6.45, 7) is 3.22. The zero-order valence-electron chi connectivity index (χ0n) is 26.1. The Morgan fingerprint density at radius 2 is 1.42 bits per heavy atom. The van der Waals surface area contributed by atoms with Gasteiger partial charge in [-0.15, -0.1) is 0 Å². The standard InChI is InChI=1S/C33H57NO9/c1-3-4-5-6-7-8-9-10-11-12-13-14-15-26(36)29(38)25(34-28(37)20-24-18-16-23(2)17-19-24)22-42-33-32(41)31(40)30(39)27(21-35)43-33/h16-19,25-27,29-33,35-36,38-41H,3-15,20-22H2,1-2H3,(H,34,37)/t25-,26+,27+,29-,30-,31-,32+,33-/m0/s1. The molecule has 0 aliphatic carbocycles. The van der Waals surface area contributed by atoms with Gasteiger partial charge in [0.1, 0.15) is 30.5 Å². The first kappa shape index (κ1) is 37.6. The first-order valence-corrected chi connectivity index (χ1v) is 16.3. The van der Waals surface area contributed by atoms with Gasteiger partial charge in [-0.05, 0) is 18.9 Å². The van der Waals surface area contributed by atoms with Crippen molar-refractivity contribution in [2.45, 2.75) is 153 Å². The maximum atomic E-state index is 12.9. The molecule has 1 aliphatic heterocycles. The lowest BCUT2D eigenvalue weighted by Gasteiger charge is -2.40. The van der Waals surface area contributed by atoms with Crippen LogP contribution in [0.1, 0.15) is 102 Å². The number of amides is 1. The van der Waals surface area contributed by atoms with Gasteiger partial charge in [0.2, 0.25) is 5.91 Å². The SMILES string of the molecule is CCCCCCCCCCCCCC[C@@H](O)[C@@H](O)[C@H](CO[C@H]1O[C@H](CO)[C@H](O)[C@H](O)[C@H]1O)NC(=O)Cc1ccc(C)cc1. The van der Waals surface area contributed by atoms with Crippen LogP contribution in [0.3, 0.4) is 0 Å². The average molecular weight is 612 g/mol. The number of aliphatic hydroxyl groups excluding tert-OH is 6. The molecule has 1 aliphatic rings. The fraction of sp³-hybridized carbons (Fsp3) is 0.788. The summed E-state index contributed by atoms with van der Waals surface area (Å²) in [5, 5.41) is 64.4. The summed E-state index contributed by atoms with van der Waals surface area (Å²) in [6.07, 6.45) is 4.78. The van der Waals surface area contributed by atoms with Crippen molar-refractivity contribution >= 4 is 5.91 Å². The molecular weight excluding hydrogens is 554 g/mol. The summed E-state index contributed by atoms with van der Waals surface area (Å²) in [7, 11) is 0. The second-order valence-electron chi connectivity index (χ2n) is 12.1. The first-order chi connectivity index (χ1) is 20.7. The molecule has 0 bridgehead atoms. The molecule has 248 valence electrons. The number of carbonyl (C=O) groups excluding carboxylic acids is 1. The van der Waals surface area contributed by atoms with E-state index in [4.69, 9.17) is 9.47 Å². The van der Waals surface area contributed by atoms with Gasteiger partial charge in [-0.25, -0.2) is 0 Å². The van der Waals surface area contributed by atoms with Gasteiger partial charge >= 0.3 is 0 Å². The van der Waals surface area contributed by atoms with Crippen LogP contribution in [0.2, 0.25) is 0 Å². The highest BCUT2D eigenvalue weighted by Crippen LogP contribution is 2.23. The van der Waals surface area contributed by atoms with Crippen LogP contribution in [0, 0.1) is 6.92 Å². The number of aryl methyl sites for hydroxylation is 1. The summed E-state index contributed by atoms with van der Waals surface area (Å²) in [6, 6.07) is 6.43. The molecular formula is C33H57NO9. The number of benzene rings is 1. The van der Waals surface area contributed by atoms with Crippen molar-refractivity contribution in [2.75, 3.05) is 13.2 Å². The normalized spacial score (nSPS) is 24.4. The number of carbonyl (C=O) groups is 1. The molecule has 1 amide bonds. The van der Waals surface area contributed by atoms with Crippen molar-refractivity contribution in [3.8, 4) is 0 Å². The van der Waals surface area contributed by atoms with Crippen LogP contribution in [0.4, 0.5) is 0 Å². The number of unbranched alkanes of at least 4 members (excludes halogenated alkanes) is 11. The van der Waals surface area contributed by atoms with Crippen molar-refractivity contribution < 1.29 is 44.9 Å². The minimum Gasteiger partial charge on any atom is -0.394 e. The molecule has 1 aromatic carbocycles. The molecule has 1 heterocycles. The van der Waals surface area contributed by atoms with Crippen molar-refractivity contribution in [2.24, 2.45) is 0 Å². The molecule has 0 radical (unpaired) electrons. The molecule has 7 N–H and O–H groups in total. The molecule has 0 spiro atoms. The van der Waals surface area contributed by atoms with Gasteiger partial charge in [-0.2, -0.15) is 0 Å². The highest BCUT2D eigenvalue weighted by Gasteiger charge is 2.44. The number of hydrogen-bond acceptors (Lipinski definition) is 9. The maximum absolute atomic E-state index is 12.9. The largest absolute Gasteiger partial charge is 0.394 e. The third-order valence-electron chi connectivity index (χ3n) is 8.28. The molecule has 1 aromatic rings. The highest BCUT2D eigenvalue weighted by molar-refractivity contribution is 5.79. The molecule has 0 aromatic heterocycles. The maximum Gasteiger partial charge on any atom is 0.224 e. The first-order valence-electron chi connectivity index (χ1n) is 16.3. The van der Waals surface area contributed by atoms with Crippen LogP contribution in [-0.2, 0) is 20.7 Å². The van der Waals surface area contributed by atoms with Crippen LogP contribution >= 0.6 is 0 Å². The Balaban J connectivity index is 1.85. The van der Waals surface area contributed by atoms with Crippen molar-refractivity contribution in [1.82, 2.24) is 5.32 Å². The van der Waals surface area contributed by atoms with Gasteiger partial charge in [0, 0.05) is 0 Å². The smallest absolute Gasteiger partial charge is 0.224 e. The van der Waals surface area contributed by atoms with Crippen LogP contribution < -0.4 is 5.32 Å². The Bertz CT molecular complexity index is 868. The Morgan fingerprint density at radius 3 is 1.98 bits per heavy atom. The summed E-state index contributed by atoms with van der Waals surface area (Å²) in [5.41, 5.74) is 1.84. The van der Waals surface area contributed by atoms with Gasteiger partial charge in [-0.1, -0.05) is 114 Å². The second-order valence-corrected chi connectivity index (χ2v) is 12.1. The number of hydrogen-bond donors (Lipinski definition) is 7. The molecule has 43 heavy (non-hydrogen) atoms. The summed E-state index contributed by atoms with van der Waals surface area (Å²) in [5.74, 6) is -0.386. The van der Waals surface area contributed by atoms with Crippen LogP contribution in [0.15, 0.2) is 24.3 Å². The molecule has 1 fully saturated rings. The van der Waals surface area contributed by atoms with Gasteiger partial charge in [0.25, 0.3) is 0 Å². The number of aliphatic hydroxyl groups is 6. The van der Waals surface area contributed by atoms with Crippen LogP contribution in [-0.4, -0.2) is 98.7 Å². The van der Waals surface area contributed by atoms with E-state index in [9.17, 15) is 35.4 Å². The average Bonchev–Trinajstić information content (AvgIpc) is 3.00. The Hall–Kier alpha value is -1.63. The molecule has 0 unspecified atom stereocenters. The van der Waals surface area contributed by atoms with E-state index in [0.29, 0.717) is 6.42 Å². The fourth-order valence-electron chi connectivity index (χ4n) is 5.41. The van der Waals surface area contributed by atoms with E-state index in [1.165, 1.54) is 51.4 Å². The zero-order valence-corrected chi connectivity index (χ0v) is 26.1. The van der Waals surface area contributed by atoms with Gasteiger partial charge in [-0.3, -0.25) is 4.79 Å². The molecule has 0 saturated carbocycles. The van der Waals surface area contributed by atoms with E-state index in [1.807, 2.05) is 31.2 Å². The predicted octanol–water partition coefficient (Wildman–Crippen LogP) is 2.65. The van der Waals surface area contributed by atoms with Gasteiger partial charge in [0.15, 0.2) is 6.29 Å². The Kier molecular flexibility index (Phi) is 18.5. The van der Waals surface area contributed by atoms with E-state index in [-0.39, 0.29) is 18.9 Å². The quantitative estimate of drug-likeness (QED) is 0.0975. The van der Waals surface area contributed by atoms with E-state index in [0.717, 1.165) is 36.8 Å². The van der Waals surface area contributed by atoms with E-state index < -0.39 is 55.6 Å². The van der Waals surface area contributed by atoms with Crippen LogP contribution in [0.5, 0.6) is 0 Å². The number of nitrogens with one attached hydrogen (secondary N) is 1. The fourth-order valence-corrected chi connectivity index (χ4v) is 5.41. The number of ether oxygens (including phenoxy) is 2. The minimum atomic E-state index is -1.62. The predicted molar refractivity (Wildman–Crippen MR) is 164 cm³/mol.